The molecular weight excluding hydrogens is 282 g/mol. The van der Waals surface area contributed by atoms with E-state index in [2.05, 4.69) is 17.4 Å². The second-order valence-corrected chi connectivity index (χ2v) is 6.94. The Morgan fingerprint density at radius 3 is 2.57 bits per heavy atom. The Morgan fingerprint density at radius 1 is 1.19 bits per heavy atom. The van der Waals surface area contributed by atoms with Crippen LogP contribution in [0.4, 0.5) is 0 Å². The maximum absolute atomic E-state index is 12.0. The summed E-state index contributed by atoms with van der Waals surface area (Å²) in [7, 11) is 0. The molecule has 0 bridgehead atoms. The maximum Gasteiger partial charge on any atom is 0.230 e. The summed E-state index contributed by atoms with van der Waals surface area (Å²) in [6.07, 6.45) is 6.21. The van der Waals surface area contributed by atoms with Gasteiger partial charge in [-0.3, -0.25) is 4.79 Å². The number of amides is 1. The van der Waals surface area contributed by atoms with Crippen molar-refractivity contribution < 1.29 is 9.90 Å². The van der Waals surface area contributed by atoms with E-state index in [0.717, 1.165) is 37.9 Å². The van der Waals surface area contributed by atoms with Crippen LogP contribution in [0, 0.1) is 0 Å². The van der Waals surface area contributed by atoms with Gasteiger partial charge in [0.2, 0.25) is 5.91 Å². The zero-order valence-corrected chi connectivity index (χ0v) is 13.3. The monoisotopic (exact) mass is 307 g/mol. The van der Waals surface area contributed by atoms with Gasteiger partial charge in [0.05, 0.1) is 17.9 Å². The Balaban J connectivity index is 1.67. The van der Waals surface area contributed by atoms with Gasteiger partial charge in [-0.15, -0.1) is 0 Å². The van der Waals surface area contributed by atoms with Gasteiger partial charge in [0.1, 0.15) is 0 Å². The van der Waals surface area contributed by atoms with Gasteiger partial charge in [-0.1, -0.05) is 49.6 Å². The molecule has 4 heteroatoms. The van der Waals surface area contributed by atoms with Crippen LogP contribution in [0.2, 0.25) is 0 Å². The second-order valence-electron chi connectivity index (χ2n) is 5.84. The normalized spacial score (nSPS) is 17.4. The molecule has 1 fully saturated rings. The second kappa shape index (κ2) is 8.44. The molecule has 21 heavy (non-hydrogen) atoms. The molecule has 116 valence electrons. The molecule has 1 aliphatic rings. The molecule has 1 saturated carbocycles. The van der Waals surface area contributed by atoms with Crippen molar-refractivity contribution in [2.75, 3.05) is 18.1 Å². The Kier molecular flexibility index (Phi) is 6.58. The summed E-state index contributed by atoms with van der Waals surface area (Å²) >= 11 is 1.66. The first-order valence-corrected chi connectivity index (χ1v) is 8.93. The van der Waals surface area contributed by atoms with Crippen molar-refractivity contribution in [2.24, 2.45) is 0 Å². The molecule has 2 rings (SSSR count). The summed E-state index contributed by atoms with van der Waals surface area (Å²) < 4.78 is 0. The number of hydrogen-bond acceptors (Lipinski definition) is 3. The van der Waals surface area contributed by atoms with Crippen molar-refractivity contribution in [2.45, 2.75) is 44.1 Å². The van der Waals surface area contributed by atoms with Gasteiger partial charge in [0.25, 0.3) is 0 Å². The summed E-state index contributed by atoms with van der Waals surface area (Å²) in [4.78, 5) is 12.0. The van der Waals surface area contributed by atoms with Crippen LogP contribution in [0.1, 0.15) is 37.7 Å². The van der Waals surface area contributed by atoms with E-state index in [0.29, 0.717) is 5.75 Å². The lowest BCUT2D eigenvalue weighted by molar-refractivity contribution is -0.121. The van der Waals surface area contributed by atoms with E-state index >= 15 is 0 Å². The molecule has 3 nitrogen and oxygen atoms in total. The molecule has 1 aromatic carbocycles. The van der Waals surface area contributed by atoms with Crippen LogP contribution in [0.3, 0.4) is 0 Å². The topological polar surface area (TPSA) is 49.3 Å². The fourth-order valence-corrected chi connectivity index (χ4v) is 3.66. The lowest BCUT2D eigenvalue weighted by atomic mass is 9.82. The number of carbonyl (C=O) groups is 1. The van der Waals surface area contributed by atoms with E-state index in [4.69, 9.17) is 0 Å². The first kappa shape index (κ1) is 16.4. The third-order valence-corrected chi connectivity index (χ3v) is 5.09. The van der Waals surface area contributed by atoms with Gasteiger partial charge >= 0.3 is 0 Å². The largest absolute Gasteiger partial charge is 0.394 e. The minimum Gasteiger partial charge on any atom is -0.394 e. The van der Waals surface area contributed by atoms with Crippen LogP contribution in [-0.2, 0) is 11.2 Å². The summed E-state index contributed by atoms with van der Waals surface area (Å²) in [5.41, 5.74) is 0.958. The highest BCUT2D eigenvalue weighted by molar-refractivity contribution is 7.99. The van der Waals surface area contributed by atoms with Crippen LogP contribution >= 0.6 is 11.8 Å². The fraction of sp³-hybridized carbons (Fsp3) is 0.588. The molecule has 0 spiro atoms. The van der Waals surface area contributed by atoms with Gasteiger partial charge in [-0.25, -0.2) is 0 Å². The Morgan fingerprint density at radius 2 is 1.90 bits per heavy atom. The van der Waals surface area contributed by atoms with Crippen LogP contribution in [0.25, 0.3) is 0 Å². The highest BCUT2D eigenvalue weighted by Gasteiger charge is 2.32. The number of benzene rings is 1. The number of hydrogen-bond donors (Lipinski definition) is 2. The summed E-state index contributed by atoms with van der Waals surface area (Å²) in [5.74, 6) is 1.49. The lowest BCUT2D eigenvalue weighted by Gasteiger charge is -2.36. The Hall–Kier alpha value is -1.00. The number of carbonyl (C=O) groups excluding carboxylic acids is 1. The minimum atomic E-state index is -0.352. The smallest absolute Gasteiger partial charge is 0.230 e. The van der Waals surface area contributed by atoms with E-state index < -0.39 is 0 Å². The van der Waals surface area contributed by atoms with Crippen molar-refractivity contribution in [3.05, 3.63) is 35.9 Å². The summed E-state index contributed by atoms with van der Waals surface area (Å²) in [5, 5.41) is 12.7. The molecule has 0 radical (unpaired) electrons. The molecule has 2 N–H and O–H groups in total. The quantitative estimate of drug-likeness (QED) is 0.762. The third-order valence-electron chi connectivity index (χ3n) is 4.13. The highest BCUT2D eigenvalue weighted by atomic mass is 32.2. The standard InChI is InChI=1S/C17H25NO2S/c19-14-17(10-5-2-6-11-17)18-16(20)13-21-12-9-15-7-3-1-4-8-15/h1,3-4,7-8,19H,2,5-6,9-14H2,(H,18,20). The zero-order chi connectivity index (χ0) is 15.0. The zero-order valence-electron chi connectivity index (χ0n) is 12.5. The molecule has 0 heterocycles. The summed E-state index contributed by atoms with van der Waals surface area (Å²) in [6.45, 7) is 0.0629. The van der Waals surface area contributed by atoms with Crippen molar-refractivity contribution in [1.29, 1.82) is 0 Å². The number of rotatable bonds is 7. The van der Waals surface area contributed by atoms with Gasteiger partial charge in [0.15, 0.2) is 0 Å². The Bertz CT molecular complexity index is 430. The predicted molar refractivity (Wildman–Crippen MR) is 88.5 cm³/mol. The van der Waals surface area contributed by atoms with Crippen LogP contribution in [0.5, 0.6) is 0 Å². The minimum absolute atomic E-state index is 0.0593. The third kappa shape index (κ3) is 5.36. The van der Waals surface area contributed by atoms with E-state index in [9.17, 15) is 9.90 Å². The molecule has 0 unspecified atom stereocenters. The van der Waals surface area contributed by atoms with Gasteiger partial charge in [-0.2, -0.15) is 11.8 Å². The molecule has 1 aromatic rings. The first-order chi connectivity index (χ1) is 10.2. The van der Waals surface area contributed by atoms with Crippen molar-refractivity contribution >= 4 is 17.7 Å². The number of aryl methyl sites for hydroxylation is 1. The average molecular weight is 307 g/mol. The Labute approximate surface area is 131 Å². The predicted octanol–water partition coefficient (Wildman–Crippen LogP) is 2.77. The van der Waals surface area contributed by atoms with Gasteiger partial charge < -0.3 is 10.4 Å². The molecule has 0 aliphatic heterocycles. The number of aliphatic hydroxyl groups is 1. The molecule has 1 amide bonds. The number of nitrogens with one attached hydrogen (secondary N) is 1. The molecule has 0 saturated heterocycles. The van der Waals surface area contributed by atoms with Crippen LogP contribution in [0.15, 0.2) is 30.3 Å². The van der Waals surface area contributed by atoms with Gasteiger partial charge in [0, 0.05) is 0 Å². The molecular formula is C17H25NO2S. The number of aliphatic hydroxyl groups excluding tert-OH is 1. The van der Waals surface area contributed by atoms with Crippen molar-refractivity contribution in [1.82, 2.24) is 5.32 Å². The van der Waals surface area contributed by atoms with E-state index in [1.54, 1.807) is 11.8 Å². The molecule has 1 aliphatic carbocycles. The molecule has 0 atom stereocenters. The highest BCUT2D eigenvalue weighted by Crippen LogP contribution is 2.27. The van der Waals surface area contributed by atoms with E-state index in [-0.39, 0.29) is 18.1 Å². The molecule has 0 aromatic heterocycles. The van der Waals surface area contributed by atoms with Crippen molar-refractivity contribution in [3.63, 3.8) is 0 Å². The SMILES string of the molecule is O=C(CSCCc1ccccc1)NC1(CO)CCCCC1. The van der Waals surface area contributed by atoms with Crippen LogP contribution in [-0.4, -0.2) is 34.7 Å². The number of thioether (sulfide) groups is 1. The van der Waals surface area contributed by atoms with Gasteiger partial charge in [-0.05, 0) is 30.6 Å². The fourth-order valence-electron chi connectivity index (χ4n) is 2.88. The van der Waals surface area contributed by atoms with E-state index in [1.165, 1.54) is 12.0 Å². The van der Waals surface area contributed by atoms with Crippen LogP contribution < -0.4 is 5.32 Å². The first-order valence-electron chi connectivity index (χ1n) is 7.78. The lowest BCUT2D eigenvalue weighted by Crippen LogP contribution is -2.53. The summed E-state index contributed by atoms with van der Waals surface area (Å²) in [6, 6.07) is 10.3. The van der Waals surface area contributed by atoms with E-state index in [1.807, 2.05) is 18.2 Å². The maximum atomic E-state index is 12.0. The average Bonchev–Trinajstić information content (AvgIpc) is 2.53. The van der Waals surface area contributed by atoms with Crippen molar-refractivity contribution in [3.8, 4) is 0 Å².